The number of ether oxygens (including phenoxy) is 1. The van der Waals surface area contributed by atoms with Gasteiger partial charge in [0, 0.05) is 50.1 Å². The number of likely N-dealkylation sites (N-methyl/N-ethyl adjacent to an activating group) is 1. The molecule has 3 aromatic heterocycles. The number of nitrogens with zero attached hydrogens (tertiary/aromatic N) is 7. The van der Waals surface area contributed by atoms with Crippen molar-refractivity contribution in [2.24, 2.45) is 0 Å². The molecule has 3 amide bonds. The summed E-state index contributed by atoms with van der Waals surface area (Å²) in [5.74, 6) is -0.897. The Morgan fingerprint density at radius 2 is 1.83 bits per heavy atom. The molecule has 0 aliphatic carbocycles. The number of nitrogen functional groups attached to an aromatic ring is 1. The number of carbonyl (C=O) groups excluding carboxylic acids is 3. The third kappa shape index (κ3) is 7.70. The number of halogens is 3. The predicted molar refractivity (Wildman–Crippen MR) is 171 cm³/mol. The lowest BCUT2D eigenvalue weighted by molar-refractivity contribution is -0.137. The first kappa shape index (κ1) is 33.8. The Bertz CT molecular complexity index is 1870. The second kappa shape index (κ2) is 13.3. The molecule has 5 rings (SSSR count). The van der Waals surface area contributed by atoms with Crippen molar-refractivity contribution >= 4 is 40.6 Å². The molecule has 13 nitrogen and oxygen atoms in total. The zero-order chi connectivity index (χ0) is 34.8. The van der Waals surface area contributed by atoms with Gasteiger partial charge in [-0.15, -0.1) is 0 Å². The summed E-state index contributed by atoms with van der Waals surface area (Å²) >= 11 is 0. The van der Waals surface area contributed by atoms with Gasteiger partial charge in [-0.25, -0.2) is 24.4 Å². The van der Waals surface area contributed by atoms with Gasteiger partial charge in [-0.05, 0) is 51.5 Å². The molecule has 1 atom stereocenters. The molecule has 1 aliphatic heterocycles. The van der Waals surface area contributed by atoms with Crippen LogP contribution in [0.25, 0.3) is 22.3 Å². The van der Waals surface area contributed by atoms with Crippen LogP contribution in [0.2, 0.25) is 0 Å². The quantitative estimate of drug-likeness (QED) is 0.261. The van der Waals surface area contributed by atoms with E-state index in [1.807, 2.05) is 0 Å². The van der Waals surface area contributed by atoms with Crippen LogP contribution in [0.15, 0.2) is 61.1 Å². The van der Waals surface area contributed by atoms with Crippen LogP contribution in [0.5, 0.6) is 0 Å². The SMILES string of the molecule is CN(CC=CC(=O)N1CCC(n2nc(-c3ccc(C(=O)Nc4cc(C(F)(F)F)ccn4)cc3)c3c(N)ncnc32)C1)C(=O)OC(C)(C)C. The smallest absolute Gasteiger partial charge is 0.416 e. The number of pyridine rings is 1. The van der Waals surface area contributed by atoms with Crippen molar-refractivity contribution in [1.82, 2.24) is 34.5 Å². The maximum Gasteiger partial charge on any atom is 0.416 e. The molecular formula is C32H34F3N9O4. The van der Waals surface area contributed by atoms with Crippen LogP contribution in [0.4, 0.5) is 29.6 Å². The number of likely N-dealkylation sites (tertiary alicyclic amines) is 1. The van der Waals surface area contributed by atoms with Crippen molar-refractivity contribution in [2.75, 3.05) is 37.7 Å². The minimum atomic E-state index is -4.58. The summed E-state index contributed by atoms with van der Waals surface area (Å²) in [5.41, 5.74) is 6.41. The van der Waals surface area contributed by atoms with Crippen LogP contribution in [0, 0.1) is 0 Å². The minimum absolute atomic E-state index is 0.182. The van der Waals surface area contributed by atoms with E-state index in [4.69, 9.17) is 15.6 Å². The molecular weight excluding hydrogens is 631 g/mol. The van der Waals surface area contributed by atoms with Gasteiger partial charge in [-0.3, -0.25) is 9.59 Å². The maximum atomic E-state index is 13.1. The van der Waals surface area contributed by atoms with E-state index in [1.54, 1.807) is 55.6 Å². The van der Waals surface area contributed by atoms with Gasteiger partial charge < -0.3 is 25.6 Å². The summed E-state index contributed by atoms with van der Waals surface area (Å²) in [6.45, 7) is 6.35. The zero-order valence-corrected chi connectivity index (χ0v) is 26.7. The number of nitrogens with one attached hydrogen (secondary N) is 1. The molecule has 4 heterocycles. The summed E-state index contributed by atoms with van der Waals surface area (Å²) in [5, 5.41) is 7.69. The third-order valence-electron chi connectivity index (χ3n) is 7.43. The molecule has 3 N–H and O–H groups in total. The average Bonchev–Trinajstić information content (AvgIpc) is 3.66. The van der Waals surface area contributed by atoms with Gasteiger partial charge >= 0.3 is 12.3 Å². The third-order valence-corrected chi connectivity index (χ3v) is 7.43. The van der Waals surface area contributed by atoms with Crippen LogP contribution < -0.4 is 11.1 Å². The Kier molecular flexibility index (Phi) is 9.36. The van der Waals surface area contributed by atoms with Crippen LogP contribution >= 0.6 is 0 Å². The van der Waals surface area contributed by atoms with Crippen LogP contribution in [0.1, 0.15) is 49.2 Å². The number of anilines is 2. The van der Waals surface area contributed by atoms with Crippen LogP contribution in [-0.4, -0.2) is 84.7 Å². The van der Waals surface area contributed by atoms with Crippen LogP contribution in [-0.2, 0) is 15.7 Å². The van der Waals surface area contributed by atoms with E-state index >= 15 is 0 Å². The predicted octanol–water partition coefficient (Wildman–Crippen LogP) is 4.94. The van der Waals surface area contributed by atoms with Gasteiger partial charge in [0.2, 0.25) is 5.91 Å². The number of hydrogen-bond acceptors (Lipinski definition) is 9. The van der Waals surface area contributed by atoms with Gasteiger partial charge in [0.05, 0.1) is 17.0 Å². The molecule has 16 heteroatoms. The zero-order valence-electron chi connectivity index (χ0n) is 26.7. The number of hydrogen-bond donors (Lipinski definition) is 2. The highest BCUT2D eigenvalue weighted by Crippen LogP contribution is 2.34. The van der Waals surface area contributed by atoms with Gasteiger partial charge in [0.25, 0.3) is 5.91 Å². The largest absolute Gasteiger partial charge is 0.444 e. The Morgan fingerprint density at radius 3 is 2.52 bits per heavy atom. The summed E-state index contributed by atoms with van der Waals surface area (Å²) in [6, 6.07) is 7.64. The number of rotatable bonds is 7. The maximum absolute atomic E-state index is 13.1. The second-order valence-corrected chi connectivity index (χ2v) is 12.2. The molecule has 1 saturated heterocycles. The topological polar surface area (TPSA) is 161 Å². The van der Waals surface area contributed by atoms with Crippen molar-refractivity contribution in [3.63, 3.8) is 0 Å². The summed E-state index contributed by atoms with van der Waals surface area (Å²) in [4.78, 5) is 53.3. The number of fused-ring (bicyclic) bond motifs is 1. The monoisotopic (exact) mass is 665 g/mol. The summed E-state index contributed by atoms with van der Waals surface area (Å²) in [7, 11) is 1.59. The van der Waals surface area contributed by atoms with Gasteiger partial charge in [-0.1, -0.05) is 18.2 Å². The highest BCUT2D eigenvalue weighted by molar-refractivity contribution is 6.04. The fourth-order valence-electron chi connectivity index (χ4n) is 5.07. The molecule has 1 aromatic carbocycles. The van der Waals surface area contributed by atoms with E-state index in [1.165, 1.54) is 29.4 Å². The highest BCUT2D eigenvalue weighted by atomic mass is 19.4. The van der Waals surface area contributed by atoms with E-state index in [0.717, 1.165) is 18.3 Å². The number of nitrogens with two attached hydrogens (primary N) is 1. The molecule has 48 heavy (non-hydrogen) atoms. The van der Waals surface area contributed by atoms with E-state index in [0.29, 0.717) is 41.8 Å². The Morgan fingerprint density at radius 1 is 1.10 bits per heavy atom. The van der Waals surface area contributed by atoms with E-state index < -0.39 is 29.3 Å². The Labute approximate surface area is 273 Å². The summed E-state index contributed by atoms with van der Waals surface area (Å²) in [6.07, 6.45) is 0.864. The molecule has 0 radical (unpaired) electrons. The molecule has 4 aromatic rings. The van der Waals surface area contributed by atoms with Crippen molar-refractivity contribution in [3.8, 4) is 11.3 Å². The fraction of sp³-hybridized carbons (Fsp3) is 0.344. The van der Waals surface area contributed by atoms with Gasteiger partial charge in [0.15, 0.2) is 5.65 Å². The molecule has 252 valence electrons. The first-order chi connectivity index (χ1) is 22.6. The average molecular weight is 666 g/mol. The number of benzene rings is 1. The molecule has 1 aliphatic rings. The van der Waals surface area contributed by atoms with Crippen molar-refractivity contribution in [3.05, 3.63) is 72.2 Å². The highest BCUT2D eigenvalue weighted by Gasteiger charge is 2.32. The van der Waals surface area contributed by atoms with E-state index in [-0.39, 0.29) is 35.7 Å². The Balaban J connectivity index is 1.29. The molecule has 0 bridgehead atoms. The first-order valence-corrected chi connectivity index (χ1v) is 14.9. The molecule has 0 spiro atoms. The normalized spacial score (nSPS) is 15.2. The number of alkyl halides is 3. The van der Waals surface area contributed by atoms with Gasteiger partial charge in [0.1, 0.15) is 29.3 Å². The van der Waals surface area contributed by atoms with Crippen molar-refractivity contribution < 1.29 is 32.3 Å². The first-order valence-electron chi connectivity index (χ1n) is 14.9. The fourth-order valence-corrected chi connectivity index (χ4v) is 5.07. The van der Waals surface area contributed by atoms with Crippen LogP contribution in [0.3, 0.4) is 0 Å². The van der Waals surface area contributed by atoms with Crippen molar-refractivity contribution in [1.29, 1.82) is 0 Å². The molecule has 0 saturated carbocycles. The van der Waals surface area contributed by atoms with Gasteiger partial charge in [-0.2, -0.15) is 18.3 Å². The lowest BCUT2D eigenvalue weighted by Crippen LogP contribution is -2.34. The molecule has 1 fully saturated rings. The lowest BCUT2D eigenvalue weighted by Gasteiger charge is -2.23. The molecule has 1 unspecified atom stereocenters. The van der Waals surface area contributed by atoms with Crippen molar-refractivity contribution in [2.45, 2.75) is 45.0 Å². The number of amides is 3. The minimum Gasteiger partial charge on any atom is -0.444 e. The number of aromatic nitrogens is 5. The lowest BCUT2D eigenvalue weighted by atomic mass is 10.1. The standard InChI is InChI=1S/C32H34F3N9O4/c1-31(2,3)48-30(47)42(4)14-5-6-24(45)43-15-12-22(17-43)44-28-25(27(36)38-18-39-28)26(41-44)19-7-9-20(10-8-19)29(46)40-23-16-21(11-13-37-23)32(33,34)35/h5-11,13,16,18,22H,12,14-15,17H2,1-4H3,(H2,36,38,39)(H,37,40,46). The number of carbonyl (C=O) groups is 3. The van der Waals surface area contributed by atoms with E-state index in [9.17, 15) is 27.6 Å². The second-order valence-electron chi connectivity index (χ2n) is 12.2. The van der Waals surface area contributed by atoms with E-state index in [2.05, 4.69) is 20.3 Å². The summed E-state index contributed by atoms with van der Waals surface area (Å²) < 4.78 is 46.2. The Hall–Kier alpha value is -5.54.